The van der Waals surface area contributed by atoms with Crippen molar-refractivity contribution in [1.29, 1.82) is 0 Å². The van der Waals surface area contributed by atoms with E-state index >= 15 is 0 Å². The molecule has 122 valence electrons. The molecule has 2 saturated heterocycles. The van der Waals surface area contributed by atoms with Crippen LogP contribution >= 0.6 is 0 Å². The van der Waals surface area contributed by atoms with Crippen molar-refractivity contribution in [2.75, 3.05) is 54.2 Å². The summed E-state index contributed by atoms with van der Waals surface area (Å²) in [6, 6.07) is 1.88. The van der Waals surface area contributed by atoms with Gasteiger partial charge in [-0.25, -0.2) is 13.4 Å². The first-order valence-corrected chi connectivity index (χ1v) is 9.54. The third kappa shape index (κ3) is 3.33. The van der Waals surface area contributed by atoms with Crippen molar-refractivity contribution < 1.29 is 13.2 Å². The van der Waals surface area contributed by atoms with E-state index in [1.165, 1.54) is 0 Å². The zero-order chi connectivity index (χ0) is 15.6. The molecule has 7 nitrogen and oxygen atoms in total. The van der Waals surface area contributed by atoms with Crippen LogP contribution in [0.25, 0.3) is 0 Å². The highest BCUT2D eigenvalue weighted by Crippen LogP contribution is 2.24. The average Bonchev–Trinajstić information content (AvgIpc) is 2.89. The lowest BCUT2D eigenvalue weighted by molar-refractivity contribution is 0.122. The maximum atomic E-state index is 11.7. The van der Waals surface area contributed by atoms with E-state index in [0.29, 0.717) is 25.6 Å². The highest BCUT2D eigenvalue weighted by molar-refractivity contribution is 7.91. The Kier molecular flexibility index (Phi) is 4.49. The maximum absolute atomic E-state index is 11.7. The molecule has 1 atom stereocenters. The molecule has 0 aromatic carbocycles. The van der Waals surface area contributed by atoms with Gasteiger partial charge < -0.3 is 14.5 Å². The minimum atomic E-state index is -2.90. The molecular formula is C14H22N4O3S. The molecule has 1 unspecified atom stereocenters. The summed E-state index contributed by atoms with van der Waals surface area (Å²) in [6.07, 6.45) is 2.42. The van der Waals surface area contributed by atoms with E-state index in [4.69, 9.17) is 4.74 Å². The van der Waals surface area contributed by atoms with Gasteiger partial charge in [0.2, 0.25) is 5.95 Å². The maximum Gasteiger partial charge on any atom is 0.227 e. The van der Waals surface area contributed by atoms with Gasteiger partial charge >= 0.3 is 0 Å². The van der Waals surface area contributed by atoms with Gasteiger partial charge in [-0.3, -0.25) is 0 Å². The largest absolute Gasteiger partial charge is 0.378 e. The smallest absolute Gasteiger partial charge is 0.227 e. The number of aromatic nitrogens is 2. The molecule has 3 rings (SSSR count). The van der Waals surface area contributed by atoms with Crippen LogP contribution in [0.1, 0.15) is 13.3 Å². The molecule has 0 bridgehead atoms. The zero-order valence-electron chi connectivity index (χ0n) is 12.8. The van der Waals surface area contributed by atoms with Crippen LogP contribution in [0.5, 0.6) is 0 Å². The van der Waals surface area contributed by atoms with Gasteiger partial charge in [0.1, 0.15) is 5.82 Å². The fourth-order valence-electron chi connectivity index (χ4n) is 3.04. The van der Waals surface area contributed by atoms with Crippen molar-refractivity contribution in [3.05, 3.63) is 12.3 Å². The number of rotatable bonds is 4. The van der Waals surface area contributed by atoms with Crippen molar-refractivity contribution in [3.63, 3.8) is 0 Å². The molecule has 2 fully saturated rings. The Morgan fingerprint density at radius 3 is 2.82 bits per heavy atom. The predicted octanol–water partition coefficient (Wildman–Crippen LogP) is 0.327. The minimum Gasteiger partial charge on any atom is -0.378 e. The van der Waals surface area contributed by atoms with Crippen LogP contribution in [0.3, 0.4) is 0 Å². The number of nitrogens with zero attached hydrogens (tertiary/aromatic N) is 4. The second-order valence-electron chi connectivity index (χ2n) is 5.66. The molecule has 0 saturated carbocycles. The average molecular weight is 326 g/mol. The molecule has 22 heavy (non-hydrogen) atoms. The Hall–Kier alpha value is -1.41. The quantitative estimate of drug-likeness (QED) is 0.789. The van der Waals surface area contributed by atoms with Gasteiger partial charge in [0, 0.05) is 31.9 Å². The fraction of sp³-hybridized carbons (Fsp3) is 0.714. The minimum absolute atomic E-state index is 0.0161. The number of hydrogen-bond acceptors (Lipinski definition) is 7. The summed E-state index contributed by atoms with van der Waals surface area (Å²) >= 11 is 0. The van der Waals surface area contributed by atoms with Crippen molar-refractivity contribution in [1.82, 2.24) is 9.97 Å². The first-order valence-electron chi connectivity index (χ1n) is 7.72. The first-order chi connectivity index (χ1) is 10.6. The number of morpholine rings is 1. The molecule has 0 amide bonds. The van der Waals surface area contributed by atoms with Crippen molar-refractivity contribution in [2.24, 2.45) is 0 Å². The summed E-state index contributed by atoms with van der Waals surface area (Å²) in [6.45, 7) is 5.71. The third-order valence-corrected chi connectivity index (χ3v) is 5.96. The first kappa shape index (κ1) is 15.5. The molecule has 3 heterocycles. The van der Waals surface area contributed by atoms with Gasteiger partial charge in [0.05, 0.1) is 24.7 Å². The number of anilines is 2. The zero-order valence-corrected chi connectivity index (χ0v) is 13.6. The van der Waals surface area contributed by atoms with Gasteiger partial charge in [-0.05, 0) is 19.4 Å². The van der Waals surface area contributed by atoms with E-state index in [1.807, 2.05) is 13.0 Å². The molecular weight excluding hydrogens is 304 g/mol. The van der Waals surface area contributed by atoms with Crippen LogP contribution in [-0.4, -0.2) is 68.8 Å². The Bertz CT molecular complexity index is 616. The normalized spacial score (nSPS) is 24.4. The van der Waals surface area contributed by atoms with Gasteiger partial charge in [-0.1, -0.05) is 0 Å². The second kappa shape index (κ2) is 6.37. The summed E-state index contributed by atoms with van der Waals surface area (Å²) in [5.41, 5.74) is 0. The Labute approximate surface area is 131 Å². The Morgan fingerprint density at radius 1 is 1.41 bits per heavy atom. The molecule has 2 aliphatic rings. The SMILES string of the molecule is CCN(c1ccnc(N2CCOCC2)n1)C1CCS(=O)(=O)C1. The molecule has 0 spiro atoms. The summed E-state index contributed by atoms with van der Waals surface area (Å²) in [5, 5.41) is 0. The summed E-state index contributed by atoms with van der Waals surface area (Å²) in [4.78, 5) is 13.2. The fourth-order valence-corrected chi connectivity index (χ4v) is 4.77. The third-order valence-electron chi connectivity index (χ3n) is 4.21. The van der Waals surface area contributed by atoms with Crippen LogP contribution in [0.15, 0.2) is 12.3 Å². The van der Waals surface area contributed by atoms with Crippen molar-refractivity contribution >= 4 is 21.6 Å². The monoisotopic (exact) mass is 326 g/mol. The van der Waals surface area contributed by atoms with E-state index < -0.39 is 9.84 Å². The number of hydrogen-bond donors (Lipinski definition) is 0. The van der Waals surface area contributed by atoms with Crippen molar-refractivity contribution in [3.8, 4) is 0 Å². The molecule has 1 aromatic heterocycles. The van der Waals surface area contributed by atoms with E-state index in [2.05, 4.69) is 19.8 Å². The standard InChI is InChI=1S/C14H22N4O3S/c1-2-18(12-4-10-22(19,20)11-12)13-3-5-15-14(16-13)17-6-8-21-9-7-17/h3,5,12H,2,4,6-11H2,1H3. The van der Waals surface area contributed by atoms with Crippen LogP contribution in [0.4, 0.5) is 11.8 Å². The number of ether oxygens (including phenoxy) is 1. The van der Waals surface area contributed by atoms with E-state index in [0.717, 1.165) is 25.5 Å². The van der Waals surface area contributed by atoms with E-state index in [9.17, 15) is 8.42 Å². The molecule has 0 radical (unpaired) electrons. The van der Waals surface area contributed by atoms with Crippen LogP contribution in [0.2, 0.25) is 0 Å². The van der Waals surface area contributed by atoms with Crippen LogP contribution < -0.4 is 9.80 Å². The van der Waals surface area contributed by atoms with Crippen molar-refractivity contribution in [2.45, 2.75) is 19.4 Å². The topological polar surface area (TPSA) is 75.6 Å². The van der Waals surface area contributed by atoms with E-state index in [1.54, 1.807) is 6.20 Å². The lowest BCUT2D eigenvalue weighted by atomic mass is 10.2. The summed E-state index contributed by atoms with van der Waals surface area (Å²) in [5.74, 6) is 1.99. The lowest BCUT2D eigenvalue weighted by Gasteiger charge is -2.30. The second-order valence-corrected chi connectivity index (χ2v) is 7.89. The van der Waals surface area contributed by atoms with Crippen LogP contribution in [0, 0.1) is 0 Å². The number of sulfone groups is 1. The van der Waals surface area contributed by atoms with E-state index in [-0.39, 0.29) is 17.5 Å². The van der Waals surface area contributed by atoms with Crippen LogP contribution in [-0.2, 0) is 14.6 Å². The van der Waals surface area contributed by atoms with Gasteiger partial charge in [-0.15, -0.1) is 0 Å². The molecule has 0 aliphatic carbocycles. The highest BCUT2D eigenvalue weighted by Gasteiger charge is 2.32. The Balaban J connectivity index is 1.80. The lowest BCUT2D eigenvalue weighted by Crippen LogP contribution is -2.39. The summed E-state index contributed by atoms with van der Waals surface area (Å²) in [7, 11) is -2.90. The molecule has 8 heteroatoms. The van der Waals surface area contributed by atoms with Gasteiger partial charge in [0.15, 0.2) is 9.84 Å². The Morgan fingerprint density at radius 2 is 2.18 bits per heavy atom. The predicted molar refractivity (Wildman–Crippen MR) is 85.1 cm³/mol. The summed E-state index contributed by atoms with van der Waals surface area (Å²) < 4.78 is 28.8. The highest BCUT2D eigenvalue weighted by atomic mass is 32.2. The molecule has 0 N–H and O–H groups in total. The molecule has 1 aromatic rings. The van der Waals surface area contributed by atoms with Gasteiger partial charge in [0.25, 0.3) is 0 Å². The van der Waals surface area contributed by atoms with Gasteiger partial charge in [-0.2, -0.15) is 4.98 Å². The molecule has 2 aliphatic heterocycles.